The molecule has 0 aliphatic carbocycles. The van der Waals surface area contributed by atoms with Crippen molar-refractivity contribution in [3.8, 4) is 11.5 Å². The van der Waals surface area contributed by atoms with Gasteiger partial charge in [0.25, 0.3) is 11.8 Å². The third-order valence-corrected chi connectivity index (χ3v) is 4.41. The normalized spacial score (nSPS) is 13.7. The van der Waals surface area contributed by atoms with Crippen LogP contribution in [-0.4, -0.2) is 25.0 Å². The number of amides is 4. The number of hydrogen-bond donors (Lipinski definition) is 2. The molecular weight excluding hydrogens is 360 g/mol. The van der Waals surface area contributed by atoms with Crippen molar-refractivity contribution in [2.75, 3.05) is 7.11 Å². The smallest absolute Gasteiger partial charge is 0.328 e. The van der Waals surface area contributed by atoms with Crippen molar-refractivity contribution >= 4 is 23.9 Å². The highest BCUT2D eigenvalue weighted by atomic mass is 16.5. The predicted molar refractivity (Wildman–Crippen MR) is 103 cm³/mol. The van der Waals surface area contributed by atoms with Crippen LogP contribution in [-0.2, 0) is 16.2 Å². The van der Waals surface area contributed by atoms with Crippen molar-refractivity contribution in [3.05, 3.63) is 64.2 Å². The van der Waals surface area contributed by atoms with Crippen LogP contribution in [0.3, 0.4) is 0 Å². The fourth-order valence-electron chi connectivity index (χ4n) is 2.72. The zero-order chi connectivity index (χ0) is 20.3. The van der Waals surface area contributed by atoms with E-state index in [0.717, 1.165) is 5.56 Å². The van der Waals surface area contributed by atoms with Gasteiger partial charge in [-0.15, -0.1) is 0 Å². The van der Waals surface area contributed by atoms with Crippen molar-refractivity contribution in [2.24, 2.45) is 0 Å². The molecule has 7 heteroatoms. The van der Waals surface area contributed by atoms with E-state index in [1.807, 2.05) is 29.7 Å². The van der Waals surface area contributed by atoms with Gasteiger partial charge < -0.3 is 9.47 Å². The number of barbiturate groups is 1. The number of hydrogen-bond acceptors (Lipinski definition) is 5. The second kappa shape index (κ2) is 7.96. The summed E-state index contributed by atoms with van der Waals surface area (Å²) >= 11 is 0. The molecule has 4 amide bonds. The van der Waals surface area contributed by atoms with E-state index < -0.39 is 17.8 Å². The summed E-state index contributed by atoms with van der Waals surface area (Å²) in [5.41, 5.74) is 3.85. The molecule has 1 heterocycles. The average Bonchev–Trinajstić information content (AvgIpc) is 2.66. The number of imide groups is 2. The Morgan fingerprint density at radius 1 is 0.893 bits per heavy atom. The molecule has 3 rings (SSSR count). The minimum Gasteiger partial charge on any atom is -0.493 e. The van der Waals surface area contributed by atoms with Crippen molar-refractivity contribution in [1.29, 1.82) is 0 Å². The Hall–Kier alpha value is -3.61. The quantitative estimate of drug-likeness (QED) is 0.614. The first-order valence-electron chi connectivity index (χ1n) is 8.62. The van der Waals surface area contributed by atoms with Gasteiger partial charge in [0.1, 0.15) is 12.2 Å². The van der Waals surface area contributed by atoms with Gasteiger partial charge >= 0.3 is 6.03 Å². The van der Waals surface area contributed by atoms with Crippen molar-refractivity contribution in [1.82, 2.24) is 10.6 Å². The van der Waals surface area contributed by atoms with Crippen LogP contribution in [0.25, 0.3) is 6.08 Å². The Balaban J connectivity index is 1.79. The summed E-state index contributed by atoms with van der Waals surface area (Å²) in [6.07, 6.45) is 1.38. The van der Waals surface area contributed by atoms with Crippen LogP contribution >= 0.6 is 0 Å². The average molecular weight is 380 g/mol. The van der Waals surface area contributed by atoms with Gasteiger partial charge in [0, 0.05) is 0 Å². The Labute approximate surface area is 162 Å². The Morgan fingerprint density at radius 2 is 1.61 bits per heavy atom. The summed E-state index contributed by atoms with van der Waals surface area (Å²) in [4.78, 5) is 34.8. The molecule has 28 heavy (non-hydrogen) atoms. The van der Waals surface area contributed by atoms with E-state index in [0.29, 0.717) is 23.7 Å². The Morgan fingerprint density at radius 3 is 2.25 bits per heavy atom. The maximum absolute atomic E-state index is 11.8. The van der Waals surface area contributed by atoms with Gasteiger partial charge in [-0.05, 0) is 54.3 Å². The predicted octanol–water partition coefficient (Wildman–Crippen LogP) is 2.64. The molecule has 0 spiro atoms. The van der Waals surface area contributed by atoms with Crippen LogP contribution in [0.4, 0.5) is 4.79 Å². The number of aryl methyl sites for hydroxylation is 2. The van der Waals surface area contributed by atoms with Gasteiger partial charge in [-0.25, -0.2) is 4.79 Å². The first-order valence-corrected chi connectivity index (χ1v) is 8.62. The number of carbonyl (C=O) groups is 3. The standard InChI is InChI=1S/C21H20N2O5/c1-12-4-5-15(8-13(12)2)11-28-17-7-6-14(10-18(17)27-3)9-16-19(24)22-21(26)23-20(16)25/h4-10H,11H2,1-3H3,(H2,22,23,24,25,26). The van der Waals surface area contributed by atoms with E-state index in [9.17, 15) is 14.4 Å². The fraction of sp³-hybridized carbons (Fsp3) is 0.190. The molecule has 0 aromatic heterocycles. The molecule has 0 atom stereocenters. The highest BCUT2D eigenvalue weighted by Gasteiger charge is 2.27. The summed E-state index contributed by atoms with van der Waals surface area (Å²) in [6.45, 7) is 4.48. The van der Waals surface area contributed by atoms with Gasteiger partial charge in [0.15, 0.2) is 11.5 Å². The second-order valence-electron chi connectivity index (χ2n) is 6.41. The second-order valence-corrected chi connectivity index (χ2v) is 6.41. The van der Waals surface area contributed by atoms with Gasteiger partial charge in [0.2, 0.25) is 0 Å². The molecular formula is C21H20N2O5. The molecule has 2 aromatic carbocycles. The minimum atomic E-state index is -0.833. The topological polar surface area (TPSA) is 93.7 Å². The number of carbonyl (C=O) groups excluding carboxylic acids is 3. The number of rotatable bonds is 5. The fourth-order valence-corrected chi connectivity index (χ4v) is 2.72. The number of benzene rings is 2. The molecule has 1 aliphatic rings. The highest BCUT2D eigenvalue weighted by molar-refractivity contribution is 6.31. The van der Waals surface area contributed by atoms with E-state index >= 15 is 0 Å². The largest absolute Gasteiger partial charge is 0.493 e. The van der Waals surface area contributed by atoms with Crippen LogP contribution in [0.2, 0.25) is 0 Å². The molecule has 0 saturated carbocycles. The van der Waals surface area contributed by atoms with Crippen molar-refractivity contribution in [3.63, 3.8) is 0 Å². The summed E-state index contributed by atoms with van der Waals surface area (Å²) in [5, 5.41) is 4.07. The first-order chi connectivity index (χ1) is 13.4. The van der Waals surface area contributed by atoms with Crippen LogP contribution in [0.1, 0.15) is 22.3 Å². The molecule has 2 N–H and O–H groups in total. The maximum atomic E-state index is 11.8. The molecule has 2 aromatic rings. The third kappa shape index (κ3) is 4.20. The van der Waals surface area contributed by atoms with Gasteiger partial charge in [-0.1, -0.05) is 24.3 Å². The van der Waals surface area contributed by atoms with Crippen LogP contribution in [0.5, 0.6) is 11.5 Å². The SMILES string of the molecule is COc1cc(C=C2C(=O)NC(=O)NC2=O)ccc1OCc1ccc(C)c(C)c1. The monoisotopic (exact) mass is 380 g/mol. The molecule has 7 nitrogen and oxygen atoms in total. The summed E-state index contributed by atoms with van der Waals surface area (Å²) < 4.78 is 11.2. The lowest BCUT2D eigenvalue weighted by Crippen LogP contribution is -2.51. The van der Waals surface area contributed by atoms with Gasteiger partial charge in [0.05, 0.1) is 7.11 Å². The van der Waals surface area contributed by atoms with E-state index in [2.05, 4.69) is 13.0 Å². The van der Waals surface area contributed by atoms with E-state index in [-0.39, 0.29) is 5.57 Å². The lowest BCUT2D eigenvalue weighted by Gasteiger charge is -2.15. The van der Waals surface area contributed by atoms with Crippen molar-refractivity contribution < 1.29 is 23.9 Å². The molecule has 1 aliphatic heterocycles. The number of urea groups is 1. The third-order valence-electron chi connectivity index (χ3n) is 4.41. The minimum absolute atomic E-state index is 0.162. The Bertz CT molecular complexity index is 972. The maximum Gasteiger partial charge on any atom is 0.328 e. The summed E-state index contributed by atoms with van der Waals surface area (Å²) in [7, 11) is 1.51. The molecule has 1 fully saturated rings. The number of methoxy groups -OCH3 is 1. The summed E-state index contributed by atoms with van der Waals surface area (Å²) in [6, 6.07) is 10.3. The highest BCUT2D eigenvalue weighted by Crippen LogP contribution is 2.30. The van der Waals surface area contributed by atoms with Crippen LogP contribution in [0.15, 0.2) is 42.0 Å². The van der Waals surface area contributed by atoms with Crippen molar-refractivity contribution in [2.45, 2.75) is 20.5 Å². The summed E-state index contributed by atoms with van der Waals surface area (Å²) in [5.74, 6) is -0.493. The molecule has 144 valence electrons. The van der Waals surface area contributed by atoms with E-state index in [1.54, 1.807) is 18.2 Å². The number of nitrogens with one attached hydrogen (secondary N) is 2. The zero-order valence-electron chi connectivity index (χ0n) is 15.8. The Kier molecular flexibility index (Phi) is 5.44. The van der Waals surface area contributed by atoms with Gasteiger partial charge in [-0.2, -0.15) is 0 Å². The lowest BCUT2D eigenvalue weighted by atomic mass is 10.1. The van der Waals surface area contributed by atoms with Gasteiger partial charge in [-0.3, -0.25) is 20.2 Å². The zero-order valence-corrected chi connectivity index (χ0v) is 15.8. The molecule has 0 unspecified atom stereocenters. The molecule has 1 saturated heterocycles. The van der Waals surface area contributed by atoms with E-state index in [4.69, 9.17) is 9.47 Å². The first kappa shape index (κ1) is 19.2. The van der Waals surface area contributed by atoms with E-state index in [1.165, 1.54) is 24.3 Å². The van der Waals surface area contributed by atoms with Crippen LogP contribution < -0.4 is 20.1 Å². The number of ether oxygens (including phenoxy) is 2. The molecule has 0 radical (unpaired) electrons. The van der Waals surface area contributed by atoms with Crippen LogP contribution in [0, 0.1) is 13.8 Å². The molecule has 0 bridgehead atoms. The lowest BCUT2D eigenvalue weighted by molar-refractivity contribution is -0.123.